The first kappa shape index (κ1) is 22.9. The van der Waals surface area contributed by atoms with Gasteiger partial charge in [0.05, 0.1) is 15.6 Å². The van der Waals surface area contributed by atoms with Crippen molar-refractivity contribution in [2.45, 2.75) is 24.3 Å². The molecule has 0 aliphatic heterocycles. The Morgan fingerprint density at radius 1 is 1.00 bits per heavy atom. The number of anilines is 2. The highest BCUT2D eigenvalue weighted by atomic mass is 35.5. The Kier molecular flexibility index (Phi) is 7.43. The number of carbonyl (C=O) groups excluding carboxylic acids is 1. The molecule has 0 radical (unpaired) electrons. The zero-order valence-corrected chi connectivity index (χ0v) is 18.8. The second-order valence-corrected chi connectivity index (χ2v) is 9.10. The number of para-hydroxylation sites is 1. The normalized spacial score (nSPS) is 12.1. The van der Waals surface area contributed by atoms with Crippen LogP contribution < -0.4 is 14.8 Å². The molecule has 0 heterocycles. The van der Waals surface area contributed by atoms with Gasteiger partial charge >= 0.3 is 0 Å². The average Bonchev–Trinajstić information content (AvgIpc) is 2.75. The van der Waals surface area contributed by atoms with Crippen LogP contribution in [0.5, 0.6) is 5.75 Å². The lowest BCUT2D eigenvalue weighted by Gasteiger charge is -2.17. The fourth-order valence-corrected chi connectivity index (χ4v) is 4.29. The van der Waals surface area contributed by atoms with E-state index in [1.54, 1.807) is 12.1 Å². The Bertz CT molecular complexity index is 1150. The lowest BCUT2D eigenvalue weighted by atomic mass is 10.2. The number of carbonyl (C=O) groups is 1. The molecule has 1 amide bonds. The van der Waals surface area contributed by atoms with Crippen molar-refractivity contribution in [3.63, 3.8) is 0 Å². The summed E-state index contributed by atoms with van der Waals surface area (Å²) in [7, 11) is -3.87. The van der Waals surface area contributed by atoms with E-state index in [-0.39, 0.29) is 21.5 Å². The van der Waals surface area contributed by atoms with Crippen LogP contribution in [0.3, 0.4) is 0 Å². The van der Waals surface area contributed by atoms with Crippen molar-refractivity contribution in [1.82, 2.24) is 0 Å². The summed E-state index contributed by atoms with van der Waals surface area (Å²) in [4.78, 5) is 12.6. The molecule has 0 saturated carbocycles. The Morgan fingerprint density at radius 3 is 2.29 bits per heavy atom. The summed E-state index contributed by atoms with van der Waals surface area (Å²) >= 11 is 11.9. The first-order valence-electron chi connectivity index (χ1n) is 9.39. The van der Waals surface area contributed by atoms with Crippen molar-refractivity contribution in [1.29, 1.82) is 0 Å². The van der Waals surface area contributed by atoms with Gasteiger partial charge in [-0.25, -0.2) is 8.42 Å². The molecular formula is C22H20Cl2N2O4S. The molecule has 0 aliphatic rings. The van der Waals surface area contributed by atoms with Gasteiger partial charge in [0.2, 0.25) is 0 Å². The maximum atomic E-state index is 12.6. The van der Waals surface area contributed by atoms with Gasteiger partial charge in [-0.15, -0.1) is 0 Å². The number of benzene rings is 3. The number of hydrogen-bond acceptors (Lipinski definition) is 4. The molecule has 3 rings (SSSR count). The van der Waals surface area contributed by atoms with Crippen LogP contribution in [-0.4, -0.2) is 20.4 Å². The van der Waals surface area contributed by atoms with E-state index >= 15 is 0 Å². The molecule has 0 spiro atoms. The number of rotatable bonds is 8. The molecule has 1 atom stereocenters. The second kappa shape index (κ2) is 10.0. The fraction of sp³-hybridized carbons (Fsp3) is 0.136. The van der Waals surface area contributed by atoms with E-state index in [0.29, 0.717) is 22.9 Å². The average molecular weight is 479 g/mol. The molecule has 162 valence electrons. The van der Waals surface area contributed by atoms with Gasteiger partial charge < -0.3 is 10.1 Å². The Hall–Kier alpha value is -2.74. The largest absolute Gasteiger partial charge is 0.481 e. The molecule has 31 heavy (non-hydrogen) atoms. The van der Waals surface area contributed by atoms with Gasteiger partial charge in [-0.05, 0) is 61.0 Å². The Morgan fingerprint density at radius 2 is 1.68 bits per heavy atom. The minimum absolute atomic E-state index is 0.0177. The minimum Gasteiger partial charge on any atom is -0.481 e. The maximum absolute atomic E-state index is 12.6. The van der Waals surface area contributed by atoms with Crippen molar-refractivity contribution in [3.05, 3.63) is 82.8 Å². The third-order valence-corrected chi connectivity index (χ3v) is 6.22. The molecule has 0 aliphatic carbocycles. The molecule has 3 aromatic carbocycles. The molecule has 3 aromatic rings. The predicted octanol–water partition coefficient (Wildman–Crippen LogP) is 5.59. The molecule has 0 saturated heterocycles. The van der Waals surface area contributed by atoms with Crippen LogP contribution in [0, 0.1) is 0 Å². The van der Waals surface area contributed by atoms with Gasteiger partial charge in [0, 0.05) is 10.7 Å². The van der Waals surface area contributed by atoms with E-state index < -0.39 is 16.1 Å². The molecule has 6 nitrogen and oxygen atoms in total. The van der Waals surface area contributed by atoms with Crippen LogP contribution in [-0.2, 0) is 14.8 Å². The van der Waals surface area contributed by atoms with Crippen LogP contribution in [0.2, 0.25) is 10.0 Å². The number of nitrogens with one attached hydrogen (secondary N) is 2. The topological polar surface area (TPSA) is 84.5 Å². The monoisotopic (exact) mass is 478 g/mol. The van der Waals surface area contributed by atoms with Gasteiger partial charge in [0.1, 0.15) is 5.75 Å². The summed E-state index contributed by atoms with van der Waals surface area (Å²) in [6, 6.07) is 19.3. The summed E-state index contributed by atoms with van der Waals surface area (Å²) in [5.41, 5.74) is 0.663. The third-order valence-electron chi connectivity index (χ3n) is 4.29. The van der Waals surface area contributed by atoms with Gasteiger partial charge in [-0.1, -0.05) is 48.3 Å². The zero-order valence-electron chi connectivity index (χ0n) is 16.5. The molecule has 0 aromatic heterocycles. The van der Waals surface area contributed by atoms with E-state index in [1.165, 1.54) is 42.5 Å². The number of halogens is 2. The van der Waals surface area contributed by atoms with E-state index in [9.17, 15) is 13.2 Å². The van der Waals surface area contributed by atoms with Gasteiger partial charge in [0.25, 0.3) is 15.9 Å². The Labute approximate surface area is 191 Å². The summed E-state index contributed by atoms with van der Waals surface area (Å²) in [6.45, 7) is 1.84. The highest BCUT2D eigenvalue weighted by molar-refractivity contribution is 7.92. The van der Waals surface area contributed by atoms with Crippen molar-refractivity contribution in [3.8, 4) is 5.75 Å². The van der Waals surface area contributed by atoms with Crippen molar-refractivity contribution < 1.29 is 17.9 Å². The molecule has 0 unspecified atom stereocenters. The third kappa shape index (κ3) is 6.13. The van der Waals surface area contributed by atoms with E-state index in [4.69, 9.17) is 27.9 Å². The van der Waals surface area contributed by atoms with Gasteiger partial charge in [-0.3, -0.25) is 9.52 Å². The van der Waals surface area contributed by atoms with E-state index in [0.717, 1.165) is 0 Å². The lowest BCUT2D eigenvalue weighted by molar-refractivity contribution is -0.122. The Balaban J connectivity index is 1.68. The van der Waals surface area contributed by atoms with Gasteiger partial charge in [0.15, 0.2) is 6.10 Å². The van der Waals surface area contributed by atoms with Crippen LogP contribution >= 0.6 is 23.2 Å². The number of hydrogen-bond donors (Lipinski definition) is 2. The SMILES string of the molecule is CC[C@H](Oc1ccccc1)C(=O)Nc1ccc(S(=O)(=O)Nc2ccc(Cl)cc2Cl)cc1. The van der Waals surface area contributed by atoms with E-state index in [1.807, 2.05) is 25.1 Å². The quantitative estimate of drug-likeness (QED) is 0.441. The van der Waals surface area contributed by atoms with Crippen LogP contribution in [0.4, 0.5) is 11.4 Å². The standard InChI is InChI=1S/C22H20Cl2N2O4S/c1-2-21(30-17-6-4-3-5-7-17)22(27)25-16-9-11-18(12-10-16)31(28,29)26-20-13-8-15(23)14-19(20)24/h3-14,21,26H,2H2,1H3,(H,25,27)/t21-/m0/s1. The summed E-state index contributed by atoms with van der Waals surface area (Å²) in [5.74, 6) is 0.269. The highest BCUT2D eigenvalue weighted by Gasteiger charge is 2.20. The minimum atomic E-state index is -3.87. The molecular weight excluding hydrogens is 459 g/mol. The smallest absolute Gasteiger partial charge is 0.265 e. The number of sulfonamides is 1. The molecule has 0 fully saturated rings. The summed E-state index contributed by atoms with van der Waals surface area (Å²) in [5, 5.41) is 3.32. The maximum Gasteiger partial charge on any atom is 0.265 e. The zero-order chi connectivity index (χ0) is 22.4. The number of ether oxygens (including phenoxy) is 1. The summed E-state index contributed by atoms with van der Waals surface area (Å²) < 4.78 is 33.4. The predicted molar refractivity (Wildman–Crippen MR) is 123 cm³/mol. The van der Waals surface area contributed by atoms with Crippen molar-refractivity contribution >= 4 is 50.5 Å². The lowest BCUT2D eigenvalue weighted by Crippen LogP contribution is -2.32. The van der Waals surface area contributed by atoms with Crippen LogP contribution in [0.1, 0.15) is 13.3 Å². The van der Waals surface area contributed by atoms with E-state index in [2.05, 4.69) is 10.0 Å². The van der Waals surface area contributed by atoms with Crippen molar-refractivity contribution in [2.24, 2.45) is 0 Å². The molecule has 9 heteroatoms. The summed E-state index contributed by atoms with van der Waals surface area (Å²) in [6.07, 6.45) is -0.210. The highest BCUT2D eigenvalue weighted by Crippen LogP contribution is 2.28. The van der Waals surface area contributed by atoms with Crippen LogP contribution in [0.25, 0.3) is 0 Å². The fourth-order valence-electron chi connectivity index (χ4n) is 2.70. The first-order chi connectivity index (χ1) is 14.8. The molecule has 0 bridgehead atoms. The first-order valence-corrected chi connectivity index (χ1v) is 11.6. The van der Waals surface area contributed by atoms with Crippen LogP contribution in [0.15, 0.2) is 77.7 Å². The van der Waals surface area contributed by atoms with Gasteiger partial charge in [-0.2, -0.15) is 0 Å². The van der Waals surface area contributed by atoms with Crippen molar-refractivity contribution in [2.75, 3.05) is 10.0 Å². The number of amides is 1. The molecule has 2 N–H and O–H groups in total. The second-order valence-electron chi connectivity index (χ2n) is 6.57.